The molecular formula is C30H36N4O4S. The first kappa shape index (κ1) is 28.5. The van der Waals surface area contributed by atoms with Gasteiger partial charge in [-0.15, -0.1) is 0 Å². The number of nitrogens with one attached hydrogen (secondary N) is 1. The first-order valence-electron chi connectivity index (χ1n) is 12.9. The van der Waals surface area contributed by atoms with Gasteiger partial charge >= 0.3 is 0 Å². The molecule has 8 nitrogen and oxygen atoms in total. The van der Waals surface area contributed by atoms with E-state index < -0.39 is 15.9 Å². The van der Waals surface area contributed by atoms with Crippen LogP contribution < -0.4 is 5.32 Å². The van der Waals surface area contributed by atoms with Crippen molar-refractivity contribution in [2.24, 2.45) is 0 Å². The summed E-state index contributed by atoms with van der Waals surface area (Å²) >= 11 is 0. The summed E-state index contributed by atoms with van der Waals surface area (Å²) < 4.78 is 35.8. The molecule has 0 saturated heterocycles. The Morgan fingerprint density at radius 3 is 2.46 bits per heavy atom. The average Bonchev–Trinajstić information content (AvgIpc) is 3.32. The van der Waals surface area contributed by atoms with Gasteiger partial charge in [0.15, 0.2) is 0 Å². The average molecular weight is 549 g/mol. The fourth-order valence-electron chi connectivity index (χ4n) is 4.36. The maximum atomic E-state index is 13.9. The van der Waals surface area contributed by atoms with Crippen molar-refractivity contribution in [2.75, 3.05) is 32.1 Å². The Morgan fingerprint density at radius 1 is 1.03 bits per heavy atom. The molecule has 1 heterocycles. The number of hydrogen-bond donors (Lipinski definition) is 1. The van der Waals surface area contributed by atoms with Crippen molar-refractivity contribution in [3.05, 3.63) is 84.1 Å². The summed E-state index contributed by atoms with van der Waals surface area (Å²) in [5.41, 5.74) is 2.42. The minimum Gasteiger partial charge on any atom is -0.385 e. The van der Waals surface area contributed by atoms with E-state index in [1.54, 1.807) is 30.0 Å². The predicted molar refractivity (Wildman–Crippen MR) is 155 cm³/mol. The molecule has 1 aromatic heterocycles. The number of anilines is 1. The number of carbonyl (C=O) groups excluding carboxylic acids is 1. The molecule has 0 spiro atoms. The van der Waals surface area contributed by atoms with Gasteiger partial charge in [0.2, 0.25) is 15.9 Å². The smallest absolute Gasteiger partial charge is 0.244 e. The molecule has 0 aliphatic heterocycles. The van der Waals surface area contributed by atoms with Crippen LogP contribution in [0.3, 0.4) is 0 Å². The number of fused-ring (bicyclic) bond motifs is 1. The van der Waals surface area contributed by atoms with E-state index in [0.29, 0.717) is 24.2 Å². The molecule has 39 heavy (non-hydrogen) atoms. The predicted octanol–water partition coefficient (Wildman–Crippen LogP) is 5.30. The topological polar surface area (TPSA) is 93.5 Å². The molecular weight excluding hydrogens is 512 g/mol. The van der Waals surface area contributed by atoms with E-state index in [1.165, 1.54) is 4.31 Å². The van der Waals surface area contributed by atoms with Crippen molar-refractivity contribution in [2.45, 2.75) is 44.4 Å². The van der Waals surface area contributed by atoms with Crippen LogP contribution in [0.4, 0.5) is 5.82 Å². The van der Waals surface area contributed by atoms with Gasteiger partial charge in [-0.2, -0.15) is 9.40 Å². The van der Waals surface area contributed by atoms with Gasteiger partial charge in [-0.05, 0) is 42.5 Å². The van der Waals surface area contributed by atoms with Crippen LogP contribution in [0.2, 0.25) is 0 Å². The Labute approximate surface area is 230 Å². The Balaban J connectivity index is 1.66. The van der Waals surface area contributed by atoms with E-state index in [2.05, 4.69) is 26.1 Å². The number of amides is 1. The van der Waals surface area contributed by atoms with E-state index in [0.717, 1.165) is 22.3 Å². The molecule has 0 aliphatic carbocycles. The van der Waals surface area contributed by atoms with Gasteiger partial charge in [0, 0.05) is 37.1 Å². The van der Waals surface area contributed by atoms with Crippen molar-refractivity contribution in [1.29, 1.82) is 0 Å². The van der Waals surface area contributed by atoms with Gasteiger partial charge in [-0.25, -0.2) is 13.1 Å². The zero-order chi connectivity index (χ0) is 28.2. The van der Waals surface area contributed by atoms with Gasteiger partial charge in [0.25, 0.3) is 0 Å². The van der Waals surface area contributed by atoms with Crippen LogP contribution in [0.25, 0.3) is 16.5 Å². The minimum atomic E-state index is -3.99. The summed E-state index contributed by atoms with van der Waals surface area (Å²) in [5.74, 6) is 0.0282. The summed E-state index contributed by atoms with van der Waals surface area (Å²) in [5, 5.41) is 9.13. The molecule has 0 fully saturated rings. The summed E-state index contributed by atoms with van der Waals surface area (Å²) in [6, 6.07) is 22.2. The SMILES string of the molecule is COCCCN(CC(=O)Nc1cc(C(C)(C)C)nn1-c1cccc(C)c1)S(=O)(=O)c1cccc2ccccc12. The maximum Gasteiger partial charge on any atom is 0.244 e. The third kappa shape index (κ3) is 6.55. The van der Waals surface area contributed by atoms with Crippen LogP contribution in [0.15, 0.2) is 77.7 Å². The number of sulfonamides is 1. The first-order chi connectivity index (χ1) is 18.5. The summed E-state index contributed by atoms with van der Waals surface area (Å²) in [4.78, 5) is 13.6. The normalized spacial score (nSPS) is 12.3. The number of benzene rings is 3. The number of hydrogen-bond acceptors (Lipinski definition) is 5. The highest BCUT2D eigenvalue weighted by Crippen LogP contribution is 2.28. The van der Waals surface area contributed by atoms with Gasteiger partial charge < -0.3 is 10.1 Å². The summed E-state index contributed by atoms with van der Waals surface area (Å²) in [6.45, 7) is 8.31. The Hall–Kier alpha value is -3.53. The standard InChI is InChI=1S/C30H36N4O4S/c1-22-11-8-14-24(19-22)34-28(20-27(32-34)30(2,3)4)31-29(35)21-33(17-10-18-38-5)39(36,37)26-16-9-13-23-12-6-7-15-25(23)26/h6-9,11-16,19-20H,10,17-18,21H2,1-5H3,(H,31,35). The second kappa shape index (κ2) is 11.7. The number of aromatic nitrogens is 2. The molecule has 0 aliphatic rings. The number of carbonyl (C=O) groups is 1. The van der Waals surface area contributed by atoms with Gasteiger partial charge in [0.1, 0.15) is 5.82 Å². The monoisotopic (exact) mass is 548 g/mol. The maximum absolute atomic E-state index is 13.9. The van der Waals surface area contributed by atoms with Crippen molar-refractivity contribution < 1.29 is 17.9 Å². The second-order valence-corrected chi connectivity index (χ2v) is 12.5. The molecule has 0 radical (unpaired) electrons. The van der Waals surface area contributed by atoms with E-state index >= 15 is 0 Å². The van der Waals surface area contributed by atoms with Crippen molar-refractivity contribution in [3.63, 3.8) is 0 Å². The molecule has 4 aromatic rings. The minimum absolute atomic E-state index is 0.136. The third-order valence-electron chi connectivity index (χ3n) is 6.43. The molecule has 206 valence electrons. The lowest BCUT2D eigenvalue weighted by atomic mass is 9.92. The van der Waals surface area contributed by atoms with Crippen LogP contribution in [-0.4, -0.2) is 55.2 Å². The quantitative estimate of drug-likeness (QED) is 0.272. The lowest BCUT2D eigenvalue weighted by Crippen LogP contribution is -2.39. The Morgan fingerprint density at radius 2 is 1.74 bits per heavy atom. The van der Waals surface area contributed by atoms with Crippen molar-refractivity contribution in [3.8, 4) is 5.69 Å². The number of ether oxygens (including phenoxy) is 1. The number of methoxy groups -OCH3 is 1. The number of aryl methyl sites for hydroxylation is 1. The van der Waals surface area contributed by atoms with E-state index in [4.69, 9.17) is 9.84 Å². The Kier molecular flexibility index (Phi) is 8.54. The molecule has 9 heteroatoms. The highest BCUT2D eigenvalue weighted by molar-refractivity contribution is 7.89. The lowest BCUT2D eigenvalue weighted by Gasteiger charge is -2.22. The van der Waals surface area contributed by atoms with Crippen LogP contribution >= 0.6 is 0 Å². The van der Waals surface area contributed by atoms with Gasteiger partial charge in [0.05, 0.1) is 22.8 Å². The summed E-state index contributed by atoms with van der Waals surface area (Å²) in [7, 11) is -2.42. The van der Waals surface area contributed by atoms with E-state index in [9.17, 15) is 13.2 Å². The Bertz CT molecular complexity index is 1570. The van der Waals surface area contributed by atoms with E-state index in [-0.39, 0.29) is 23.4 Å². The lowest BCUT2D eigenvalue weighted by molar-refractivity contribution is -0.116. The first-order valence-corrected chi connectivity index (χ1v) is 14.4. The largest absolute Gasteiger partial charge is 0.385 e. The summed E-state index contributed by atoms with van der Waals surface area (Å²) in [6.07, 6.45) is 0.448. The van der Waals surface area contributed by atoms with Crippen LogP contribution in [0.5, 0.6) is 0 Å². The van der Waals surface area contributed by atoms with Crippen molar-refractivity contribution >= 4 is 32.5 Å². The van der Waals surface area contributed by atoms with Crippen LogP contribution in [-0.2, 0) is 25.0 Å². The second-order valence-electron chi connectivity index (χ2n) is 10.6. The molecule has 0 atom stereocenters. The molecule has 4 rings (SSSR count). The third-order valence-corrected chi connectivity index (χ3v) is 8.34. The molecule has 0 unspecified atom stereocenters. The number of rotatable bonds is 10. The number of nitrogens with zero attached hydrogens (tertiary/aromatic N) is 3. The van der Waals surface area contributed by atoms with E-state index in [1.807, 2.05) is 61.5 Å². The molecule has 0 saturated carbocycles. The van der Waals surface area contributed by atoms with Crippen LogP contribution in [0.1, 0.15) is 38.4 Å². The fraction of sp³-hybridized carbons (Fsp3) is 0.333. The highest BCUT2D eigenvalue weighted by Gasteiger charge is 2.29. The van der Waals surface area contributed by atoms with Gasteiger partial charge in [-0.3, -0.25) is 4.79 Å². The van der Waals surface area contributed by atoms with Crippen LogP contribution in [0, 0.1) is 6.92 Å². The highest BCUT2D eigenvalue weighted by atomic mass is 32.2. The molecule has 1 amide bonds. The molecule has 0 bridgehead atoms. The zero-order valence-corrected chi connectivity index (χ0v) is 24.0. The molecule has 3 aromatic carbocycles. The molecule has 1 N–H and O–H groups in total. The van der Waals surface area contributed by atoms with Crippen molar-refractivity contribution in [1.82, 2.24) is 14.1 Å². The zero-order valence-electron chi connectivity index (χ0n) is 23.1. The van der Waals surface area contributed by atoms with Gasteiger partial charge in [-0.1, -0.05) is 69.3 Å². The fourth-order valence-corrected chi connectivity index (χ4v) is 6.01.